The molecule has 0 spiro atoms. The third-order valence-corrected chi connectivity index (χ3v) is 8.60. The predicted molar refractivity (Wildman–Crippen MR) is 187 cm³/mol. The van der Waals surface area contributed by atoms with Crippen molar-refractivity contribution >= 4 is 0 Å². The van der Waals surface area contributed by atoms with Crippen LogP contribution in [-0.2, 0) is 27.4 Å². The number of hydrogen-bond acceptors (Lipinski definition) is 4. The van der Waals surface area contributed by atoms with Gasteiger partial charge in [0.15, 0.2) is 0 Å². The van der Waals surface area contributed by atoms with Gasteiger partial charge >= 0.3 is 0 Å². The van der Waals surface area contributed by atoms with Crippen LogP contribution in [0.3, 0.4) is 0 Å². The lowest BCUT2D eigenvalue weighted by molar-refractivity contribution is -0.0645. The van der Waals surface area contributed by atoms with Crippen LogP contribution in [0.1, 0.15) is 179 Å². The zero-order chi connectivity index (χ0) is 30.9. The van der Waals surface area contributed by atoms with Gasteiger partial charge in [-0.2, -0.15) is 0 Å². The Bertz CT molecular complexity index is 682. The predicted octanol–water partition coefficient (Wildman–Crippen LogP) is 11.5. The van der Waals surface area contributed by atoms with Crippen LogP contribution in [0.25, 0.3) is 0 Å². The molecule has 0 aliphatic rings. The summed E-state index contributed by atoms with van der Waals surface area (Å²) < 4.78 is 18.4. The first-order valence-corrected chi connectivity index (χ1v) is 18.8. The molecule has 2 N–H and O–H groups in total. The van der Waals surface area contributed by atoms with Crippen LogP contribution < -0.4 is 5.73 Å². The zero-order valence-corrected chi connectivity index (χ0v) is 28.9. The lowest BCUT2D eigenvalue weighted by atomic mass is 10.1. The molecule has 0 saturated carbocycles. The van der Waals surface area contributed by atoms with Crippen LogP contribution in [0.5, 0.6) is 0 Å². The Labute approximate surface area is 268 Å². The average molecular weight is 604 g/mol. The fourth-order valence-corrected chi connectivity index (χ4v) is 5.75. The second-order valence-corrected chi connectivity index (χ2v) is 12.9. The smallest absolute Gasteiger partial charge is 0.104 e. The Balaban J connectivity index is 2.14. The molecular formula is C39H73NO3. The highest BCUT2D eigenvalue weighted by molar-refractivity contribution is 5.22. The molecule has 0 bridgehead atoms. The van der Waals surface area contributed by atoms with Gasteiger partial charge in [-0.1, -0.05) is 179 Å². The Hall–Kier alpha value is -0.940. The standard InChI is InChI=1S/C39H73NO3/c1-3-5-7-9-11-13-15-17-19-21-23-25-30-41-35-39(36-42-34-38-29-27-28-37(32-38)33-40)43-31-26-24-22-20-18-16-14-12-10-8-6-4-2/h27-29,32,39H,3-26,30-31,33-36,40H2,1-2H3. The van der Waals surface area contributed by atoms with E-state index in [2.05, 4.69) is 38.1 Å². The van der Waals surface area contributed by atoms with Gasteiger partial charge in [-0.05, 0) is 24.0 Å². The first kappa shape index (κ1) is 40.1. The first-order chi connectivity index (χ1) is 21.3. The summed E-state index contributed by atoms with van der Waals surface area (Å²) in [4.78, 5) is 0. The van der Waals surface area contributed by atoms with Gasteiger partial charge in [0.2, 0.25) is 0 Å². The van der Waals surface area contributed by atoms with Crippen molar-refractivity contribution in [2.45, 2.75) is 187 Å². The maximum absolute atomic E-state index is 6.26. The van der Waals surface area contributed by atoms with Gasteiger partial charge in [-0.15, -0.1) is 0 Å². The molecule has 0 radical (unpaired) electrons. The lowest BCUT2D eigenvalue weighted by Crippen LogP contribution is -2.26. The van der Waals surface area contributed by atoms with Crippen LogP contribution >= 0.6 is 0 Å². The minimum atomic E-state index is 0.00252. The molecule has 0 fully saturated rings. The lowest BCUT2D eigenvalue weighted by Gasteiger charge is -2.19. The third-order valence-electron chi connectivity index (χ3n) is 8.60. The van der Waals surface area contributed by atoms with E-state index in [0.29, 0.717) is 26.4 Å². The van der Waals surface area contributed by atoms with Gasteiger partial charge in [0.25, 0.3) is 0 Å². The maximum atomic E-state index is 6.26. The largest absolute Gasteiger partial charge is 0.379 e. The number of nitrogens with two attached hydrogens (primary N) is 1. The molecule has 4 heteroatoms. The van der Waals surface area contributed by atoms with Crippen molar-refractivity contribution in [2.24, 2.45) is 5.73 Å². The second-order valence-electron chi connectivity index (χ2n) is 12.9. The summed E-state index contributed by atoms with van der Waals surface area (Å²) in [7, 11) is 0. The summed E-state index contributed by atoms with van der Waals surface area (Å²) >= 11 is 0. The second kappa shape index (κ2) is 32.5. The molecule has 1 aromatic carbocycles. The summed E-state index contributed by atoms with van der Waals surface area (Å²) in [5.41, 5.74) is 8.11. The SMILES string of the molecule is CCCCCCCCCCCCCCOCC(COCc1cccc(CN)c1)OCCCCCCCCCCCCCC. The monoisotopic (exact) mass is 604 g/mol. The van der Waals surface area contributed by atoms with Crippen LogP contribution in [0.15, 0.2) is 24.3 Å². The Morgan fingerprint density at radius 2 is 0.930 bits per heavy atom. The van der Waals surface area contributed by atoms with Crippen LogP contribution in [-0.4, -0.2) is 32.5 Å². The van der Waals surface area contributed by atoms with E-state index >= 15 is 0 Å². The summed E-state index contributed by atoms with van der Waals surface area (Å²) in [6.45, 7) is 8.56. The average Bonchev–Trinajstić information content (AvgIpc) is 3.03. The van der Waals surface area contributed by atoms with Gasteiger partial charge < -0.3 is 19.9 Å². The molecule has 0 aliphatic carbocycles. The molecule has 1 rings (SSSR count). The molecule has 0 aromatic heterocycles. The summed E-state index contributed by atoms with van der Waals surface area (Å²) in [5.74, 6) is 0. The van der Waals surface area contributed by atoms with E-state index in [0.717, 1.165) is 31.6 Å². The Kier molecular flexibility index (Phi) is 30.3. The fraction of sp³-hybridized carbons (Fsp3) is 0.846. The van der Waals surface area contributed by atoms with E-state index in [1.165, 1.54) is 147 Å². The number of unbranched alkanes of at least 4 members (excludes halogenated alkanes) is 22. The molecule has 1 atom stereocenters. The van der Waals surface area contributed by atoms with Gasteiger partial charge in [-0.3, -0.25) is 0 Å². The number of rotatable bonds is 34. The normalized spacial score (nSPS) is 12.3. The highest BCUT2D eigenvalue weighted by Crippen LogP contribution is 2.14. The van der Waals surface area contributed by atoms with Crippen molar-refractivity contribution in [1.82, 2.24) is 0 Å². The van der Waals surface area contributed by atoms with Crippen LogP contribution in [0.4, 0.5) is 0 Å². The molecule has 4 nitrogen and oxygen atoms in total. The molecular weight excluding hydrogens is 530 g/mol. The highest BCUT2D eigenvalue weighted by Gasteiger charge is 2.11. The molecule has 0 saturated heterocycles. The van der Waals surface area contributed by atoms with E-state index in [4.69, 9.17) is 19.9 Å². The van der Waals surface area contributed by atoms with E-state index < -0.39 is 0 Å². The fourth-order valence-electron chi connectivity index (χ4n) is 5.75. The van der Waals surface area contributed by atoms with Gasteiger partial charge in [0.1, 0.15) is 6.10 Å². The van der Waals surface area contributed by atoms with Crippen molar-refractivity contribution in [2.75, 3.05) is 26.4 Å². The van der Waals surface area contributed by atoms with Gasteiger partial charge in [-0.25, -0.2) is 0 Å². The van der Waals surface area contributed by atoms with Crippen molar-refractivity contribution in [1.29, 1.82) is 0 Å². The zero-order valence-electron chi connectivity index (χ0n) is 28.9. The quantitative estimate of drug-likeness (QED) is 0.0796. The van der Waals surface area contributed by atoms with Crippen molar-refractivity contribution in [3.05, 3.63) is 35.4 Å². The van der Waals surface area contributed by atoms with Crippen LogP contribution in [0.2, 0.25) is 0 Å². The van der Waals surface area contributed by atoms with Crippen LogP contribution in [0, 0.1) is 0 Å². The minimum absolute atomic E-state index is 0.00252. The molecule has 1 aromatic rings. The van der Waals surface area contributed by atoms with Crippen molar-refractivity contribution < 1.29 is 14.2 Å². The maximum Gasteiger partial charge on any atom is 0.104 e. The summed E-state index contributed by atoms with van der Waals surface area (Å²) in [6.07, 6.45) is 32.7. The molecule has 252 valence electrons. The van der Waals surface area contributed by atoms with Crippen molar-refractivity contribution in [3.63, 3.8) is 0 Å². The first-order valence-electron chi connectivity index (χ1n) is 18.8. The van der Waals surface area contributed by atoms with Gasteiger partial charge in [0.05, 0.1) is 19.8 Å². The Morgan fingerprint density at radius 3 is 1.42 bits per heavy atom. The summed E-state index contributed by atoms with van der Waals surface area (Å²) in [6, 6.07) is 8.35. The van der Waals surface area contributed by atoms with E-state index in [9.17, 15) is 0 Å². The minimum Gasteiger partial charge on any atom is -0.379 e. The highest BCUT2D eigenvalue weighted by atomic mass is 16.6. The molecule has 0 amide bonds. The Morgan fingerprint density at radius 1 is 0.512 bits per heavy atom. The molecule has 43 heavy (non-hydrogen) atoms. The van der Waals surface area contributed by atoms with E-state index in [-0.39, 0.29) is 6.10 Å². The van der Waals surface area contributed by atoms with E-state index in [1.807, 2.05) is 0 Å². The topological polar surface area (TPSA) is 53.7 Å². The number of benzene rings is 1. The van der Waals surface area contributed by atoms with Gasteiger partial charge in [0, 0.05) is 19.8 Å². The third kappa shape index (κ3) is 27.1. The number of ether oxygens (including phenoxy) is 3. The summed E-state index contributed by atoms with van der Waals surface area (Å²) in [5, 5.41) is 0. The van der Waals surface area contributed by atoms with E-state index in [1.54, 1.807) is 0 Å². The molecule has 0 heterocycles. The number of hydrogen-bond donors (Lipinski definition) is 1. The van der Waals surface area contributed by atoms with Crippen molar-refractivity contribution in [3.8, 4) is 0 Å². The molecule has 1 unspecified atom stereocenters. The molecule has 0 aliphatic heterocycles.